The first kappa shape index (κ1) is 16.4. The summed E-state index contributed by atoms with van der Waals surface area (Å²) in [6.07, 6.45) is 4.63. The van der Waals surface area contributed by atoms with E-state index in [1.54, 1.807) is 12.4 Å². The number of piperazine rings is 1. The first-order valence-corrected chi connectivity index (χ1v) is 9.09. The van der Waals surface area contributed by atoms with Gasteiger partial charge in [-0.25, -0.2) is 19.6 Å². The number of ether oxygens (including phenoxy) is 1. The van der Waals surface area contributed by atoms with Crippen LogP contribution >= 0.6 is 0 Å². The maximum atomic E-state index is 5.48. The van der Waals surface area contributed by atoms with E-state index in [4.69, 9.17) is 14.8 Å². The molecule has 2 aliphatic rings. The number of hydrogen-bond acceptors (Lipinski definition) is 7. The van der Waals surface area contributed by atoms with Gasteiger partial charge in [0.25, 0.3) is 0 Å². The molecule has 0 radical (unpaired) electrons. The fourth-order valence-corrected chi connectivity index (χ4v) is 3.44. The highest BCUT2D eigenvalue weighted by molar-refractivity contribution is 5.29. The van der Waals surface area contributed by atoms with Crippen LogP contribution in [0.25, 0.3) is 0 Å². The first-order valence-electron chi connectivity index (χ1n) is 9.09. The van der Waals surface area contributed by atoms with Crippen LogP contribution in [0, 0.1) is 0 Å². The Labute approximate surface area is 147 Å². The molecule has 8 heteroatoms. The van der Waals surface area contributed by atoms with Crippen LogP contribution in [0.3, 0.4) is 0 Å². The van der Waals surface area contributed by atoms with Gasteiger partial charge in [-0.05, 0) is 19.4 Å². The van der Waals surface area contributed by atoms with Gasteiger partial charge in [-0.3, -0.25) is 4.90 Å². The maximum Gasteiger partial charge on any atom is 0.225 e. The highest BCUT2D eigenvalue weighted by Crippen LogP contribution is 2.23. The van der Waals surface area contributed by atoms with Crippen molar-refractivity contribution in [3.63, 3.8) is 0 Å². The minimum absolute atomic E-state index is 0.360. The van der Waals surface area contributed by atoms with Crippen molar-refractivity contribution in [2.45, 2.75) is 32.4 Å². The van der Waals surface area contributed by atoms with Gasteiger partial charge in [0.1, 0.15) is 5.82 Å². The molecule has 0 saturated carbocycles. The fourth-order valence-electron chi connectivity index (χ4n) is 3.44. The van der Waals surface area contributed by atoms with Crippen LogP contribution in [0.2, 0.25) is 0 Å². The summed E-state index contributed by atoms with van der Waals surface area (Å²) in [5, 5.41) is 4.71. The molecule has 1 atom stereocenters. The van der Waals surface area contributed by atoms with Crippen molar-refractivity contribution in [2.24, 2.45) is 0 Å². The maximum absolute atomic E-state index is 5.48. The van der Waals surface area contributed by atoms with Crippen molar-refractivity contribution >= 4 is 5.95 Å². The van der Waals surface area contributed by atoms with Crippen LogP contribution in [0.4, 0.5) is 5.95 Å². The molecule has 2 fully saturated rings. The number of rotatable bonds is 5. The van der Waals surface area contributed by atoms with Crippen LogP contribution in [0.1, 0.15) is 30.9 Å². The summed E-state index contributed by atoms with van der Waals surface area (Å²) in [4.78, 5) is 18.2. The Balaban J connectivity index is 1.38. The van der Waals surface area contributed by atoms with Crippen molar-refractivity contribution in [3.8, 4) is 0 Å². The van der Waals surface area contributed by atoms with Gasteiger partial charge in [-0.15, -0.1) is 0 Å². The zero-order chi connectivity index (χ0) is 17.1. The molecule has 0 aromatic carbocycles. The molecule has 0 bridgehead atoms. The molecule has 0 amide bonds. The second-order valence-corrected chi connectivity index (χ2v) is 6.57. The predicted molar refractivity (Wildman–Crippen MR) is 93.4 cm³/mol. The summed E-state index contributed by atoms with van der Waals surface area (Å²) in [6.45, 7) is 9.24. The van der Waals surface area contributed by atoms with E-state index in [1.165, 1.54) is 0 Å². The van der Waals surface area contributed by atoms with Crippen LogP contribution in [-0.2, 0) is 17.8 Å². The first-order chi connectivity index (χ1) is 12.3. The van der Waals surface area contributed by atoms with Crippen LogP contribution in [0.5, 0.6) is 0 Å². The van der Waals surface area contributed by atoms with E-state index < -0.39 is 0 Å². The largest absolute Gasteiger partial charge is 0.381 e. The van der Waals surface area contributed by atoms with Crippen molar-refractivity contribution in [1.29, 1.82) is 0 Å². The lowest BCUT2D eigenvalue weighted by Crippen LogP contribution is -2.46. The minimum atomic E-state index is 0.360. The third kappa shape index (κ3) is 3.64. The molecule has 2 saturated heterocycles. The van der Waals surface area contributed by atoms with Crippen molar-refractivity contribution in [2.75, 3.05) is 44.3 Å². The molecular formula is C17H25N7O. The third-order valence-electron chi connectivity index (χ3n) is 4.93. The number of anilines is 1. The molecular weight excluding hydrogens is 318 g/mol. The second-order valence-electron chi connectivity index (χ2n) is 6.57. The molecule has 2 aliphatic heterocycles. The Morgan fingerprint density at radius 1 is 1.16 bits per heavy atom. The zero-order valence-electron chi connectivity index (χ0n) is 14.7. The van der Waals surface area contributed by atoms with Gasteiger partial charge in [-0.2, -0.15) is 5.10 Å². The number of aromatic nitrogens is 5. The topological polar surface area (TPSA) is 72.2 Å². The van der Waals surface area contributed by atoms with Crippen molar-refractivity contribution in [1.82, 2.24) is 29.6 Å². The lowest BCUT2D eigenvalue weighted by molar-refractivity contribution is 0.193. The lowest BCUT2D eigenvalue weighted by Gasteiger charge is -2.34. The summed E-state index contributed by atoms with van der Waals surface area (Å²) in [6, 6.07) is 1.85. The van der Waals surface area contributed by atoms with Gasteiger partial charge in [0.15, 0.2) is 5.82 Å². The predicted octanol–water partition coefficient (Wildman–Crippen LogP) is 0.914. The van der Waals surface area contributed by atoms with Gasteiger partial charge < -0.3 is 9.64 Å². The summed E-state index contributed by atoms with van der Waals surface area (Å²) in [7, 11) is 0. The van der Waals surface area contributed by atoms with Gasteiger partial charge >= 0.3 is 0 Å². The molecule has 0 unspecified atom stereocenters. The van der Waals surface area contributed by atoms with Gasteiger partial charge in [-0.1, -0.05) is 0 Å². The quantitative estimate of drug-likeness (QED) is 0.799. The van der Waals surface area contributed by atoms with E-state index in [0.29, 0.717) is 5.92 Å². The highest BCUT2D eigenvalue weighted by Gasteiger charge is 2.25. The van der Waals surface area contributed by atoms with E-state index >= 15 is 0 Å². The molecule has 0 N–H and O–H groups in total. The van der Waals surface area contributed by atoms with Crippen LogP contribution < -0.4 is 4.90 Å². The average molecular weight is 343 g/mol. The molecule has 134 valence electrons. The molecule has 2 aromatic heterocycles. The monoisotopic (exact) mass is 343 g/mol. The molecule has 8 nitrogen and oxygen atoms in total. The Morgan fingerprint density at radius 2 is 1.96 bits per heavy atom. The standard InChI is InChI=1S/C17H25N7O/c1-2-24-15(20-16(21-24)14-4-11-25-13-14)12-22-7-9-23(10-8-22)17-18-5-3-6-19-17/h3,5-6,14H,2,4,7-13H2,1H3/t14-/m0/s1. The van der Waals surface area contributed by atoms with Gasteiger partial charge in [0, 0.05) is 57.6 Å². The van der Waals surface area contributed by atoms with E-state index in [9.17, 15) is 0 Å². The molecule has 4 heterocycles. The van der Waals surface area contributed by atoms with E-state index in [-0.39, 0.29) is 0 Å². The molecule has 4 rings (SSSR count). The van der Waals surface area contributed by atoms with Crippen LogP contribution in [-0.4, -0.2) is 69.0 Å². The number of nitrogens with zero attached hydrogens (tertiary/aromatic N) is 7. The van der Waals surface area contributed by atoms with Crippen molar-refractivity contribution < 1.29 is 4.74 Å². The molecule has 0 aliphatic carbocycles. The van der Waals surface area contributed by atoms with Gasteiger partial charge in [0.05, 0.1) is 13.2 Å². The number of aryl methyl sites for hydroxylation is 1. The summed E-state index contributed by atoms with van der Waals surface area (Å²) < 4.78 is 7.52. The smallest absolute Gasteiger partial charge is 0.225 e. The Bertz CT molecular complexity index is 676. The second kappa shape index (κ2) is 7.45. The summed E-state index contributed by atoms with van der Waals surface area (Å²) in [5.74, 6) is 3.19. The molecule has 2 aromatic rings. The summed E-state index contributed by atoms with van der Waals surface area (Å²) >= 11 is 0. The lowest BCUT2D eigenvalue weighted by atomic mass is 10.1. The highest BCUT2D eigenvalue weighted by atomic mass is 16.5. The van der Waals surface area contributed by atoms with E-state index in [1.807, 2.05) is 10.7 Å². The minimum Gasteiger partial charge on any atom is -0.381 e. The fraction of sp³-hybridized carbons (Fsp3) is 0.647. The van der Waals surface area contributed by atoms with E-state index in [0.717, 1.165) is 76.5 Å². The Morgan fingerprint density at radius 3 is 2.64 bits per heavy atom. The van der Waals surface area contributed by atoms with Crippen molar-refractivity contribution in [3.05, 3.63) is 30.1 Å². The van der Waals surface area contributed by atoms with Crippen LogP contribution in [0.15, 0.2) is 18.5 Å². The SMILES string of the molecule is CCn1nc([C@H]2CCOC2)nc1CN1CCN(c2ncccn2)CC1. The van der Waals surface area contributed by atoms with Gasteiger partial charge in [0.2, 0.25) is 5.95 Å². The molecule has 25 heavy (non-hydrogen) atoms. The third-order valence-corrected chi connectivity index (χ3v) is 4.93. The summed E-state index contributed by atoms with van der Waals surface area (Å²) in [5.41, 5.74) is 0. The molecule has 0 spiro atoms. The zero-order valence-corrected chi connectivity index (χ0v) is 14.7. The Hall–Kier alpha value is -2.06. The number of hydrogen-bond donors (Lipinski definition) is 0. The van der Waals surface area contributed by atoms with E-state index in [2.05, 4.69) is 26.7 Å². The average Bonchev–Trinajstić information content (AvgIpc) is 3.32. The normalized spacial score (nSPS) is 21.8. The Kier molecular flexibility index (Phi) is 4.89.